The number of non-ortho nitro benzene ring substituents is 1. The highest BCUT2D eigenvalue weighted by molar-refractivity contribution is 7.89. The van der Waals surface area contributed by atoms with Crippen LogP contribution in [0.25, 0.3) is 6.08 Å². The molecule has 0 aliphatic carbocycles. The molecule has 1 aliphatic rings. The molecule has 3 rings (SSSR count). The molecule has 1 saturated heterocycles. The Hall–Kier alpha value is -3.08. The minimum atomic E-state index is -3.95. The van der Waals surface area contributed by atoms with Crippen LogP contribution in [0.5, 0.6) is 0 Å². The van der Waals surface area contributed by atoms with Gasteiger partial charge < -0.3 is 4.74 Å². The minimum absolute atomic E-state index is 0.163. The van der Waals surface area contributed by atoms with E-state index in [0.29, 0.717) is 0 Å². The number of rotatable bonds is 7. The average Bonchev–Trinajstić information content (AvgIpc) is 2.75. The van der Waals surface area contributed by atoms with Gasteiger partial charge in [0.25, 0.3) is 5.69 Å². The summed E-state index contributed by atoms with van der Waals surface area (Å²) in [5.74, 6) is 0. The second-order valence-corrected chi connectivity index (χ2v) is 8.53. The number of morpholine rings is 1. The minimum Gasteiger partial charge on any atom is -0.379 e. The predicted octanol–water partition coefficient (Wildman–Crippen LogP) is 3.12. The standard InChI is InChI=1S/C20H22N4O5S/c1-16(13-17-5-3-2-4-6-17)15-21-22-19-8-7-18(24(25)26)14-20(19)30(27,28)23-9-11-29-12-10-23/h2-8,13-15,22H,9-12H2,1H3. The van der Waals surface area contributed by atoms with E-state index in [9.17, 15) is 18.5 Å². The fourth-order valence-electron chi connectivity index (χ4n) is 2.91. The van der Waals surface area contributed by atoms with Gasteiger partial charge in [-0.3, -0.25) is 15.5 Å². The Labute approximate surface area is 174 Å². The van der Waals surface area contributed by atoms with E-state index >= 15 is 0 Å². The maximum atomic E-state index is 13.1. The van der Waals surface area contributed by atoms with Crippen molar-refractivity contribution in [2.24, 2.45) is 5.10 Å². The van der Waals surface area contributed by atoms with E-state index in [4.69, 9.17) is 4.74 Å². The van der Waals surface area contributed by atoms with Gasteiger partial charge in [0.1, 0.15) is 4.90 Å². The smallest absolute Gasteiger partial charge is 0.270 e. The van der Waals surface area contributed by atoms with Gasteiger partial charge in [-0.1, -0.05) is 36.4 Å². The monoisotopic (exact) mass is 430 g/mol. The van der Waals surface area contributed by atoms with E-state index in [0.717, 1.165) is 17.2 Å². The molecular weight excluding hydrogens is 408 g/mol. The summed E-state index contributed by atoms with van der Waals surface area (Å²) in [4.78, 5) is 10.3. The maximum Gasteiger partial charge on any atom is 0.270 e. The van der Waals surface area contributed by atoms with Gasteiger partial charge >= 0.3 is 0 Å². The van der Waals surface area contributed by atoms with Crippen LogP contribution in [-0.2, 0) is 14.8 Å². The van der Waals surface area contributed by atoms with Crippen LogP contribution in [0.4, 0.5) is 11.4 Å². The third-order valence-corrected chi connectivity index (χ3v) is 6.35. The van der Waals surface area contributed by atoms with Crippen LogP contribution in [0.3, 0.4) is 0 Å². The van der Waals surface area contributed by atoms with Crippen LogP contribution in [0, 0.1) is 10.1 Å². The Morgan fingerprint density at radius 1 is 1.20 bits per heavy atom. The normalized spacial score (nSPS) is 16.0. The second-order valence-electron chi connectivity index (χ2n) is 6.62. The van der Waals surface area contributed by atoms with Crippen molar-refractivity contribution in [2.75, 3.05) is 31.7 Å². The summed E-state index contributed by atoms with van der Waals surface area (Å²) in [5.41, 5.74) is 4.41. The van der Waals surface area contributed by atoms with E-state index in [2.05, 4.69) is 10.5 Å². The first-order valence-corrected chi connectivity index (χ1v) is 10.7. The number of allylic oxidation sites excluding steroid dienone is 1. The van der Waals surface area contributed by atoms with Gasteiger partial charge in [-0.25, -0.2) is 8.42 Å². The Morgan fingerprint density at radius 2 is 1.90 bits per heavy atom. The summed E-state index contributed by atoms with van der Waals surface area (Å²) in [5, 5.41) is 15.3. The van der Waals surface area contributed by atoms with Crippen molar-refractivity contribution >= 4 is 33.7 Å². The zero-order valence-corrected chi connectivity index (χ0v) is 17.2. The van der Waals surface area contributed by atoms with Crippen molar-refractivity contribution in [3.63, 3.8) is 0 Å². The molecule has 1 N–H and O–H groups in total. The van der Waals surface area contributed by atoms with Crippen LogP contribution in [0.1, 0.15) is 12.5 Å². The molecule has 10 heteroatoms. The van der Waals surface area contributed by atoms with Crippen molar-refractivity contribution in [3.05, 3.63) is 69.8 Å². The number of nitro groups is 1. The van der Waals surface area contributed by atoms with Crippen molar-refractivity contribution in [1.82, 2.24) is 4.31 Å². The molecule has 0 atom stereocenters. The van der Waals surface area contributed by atoms with E-state index in [1.165, 1.54) is 16.4 Å². The lowest BCUT2D eigenvalue weighted by atomic mass is 10.1. The van der Waals surface area contributed by atoms with Crippen molar-refractivity contribution < 1.29 is 18.1 Å². The number of nitrogens with zero attached hydrogens (tertiary/aromatic N) is 3. The molecule has 0 radical (unpaired) electrons. The zero-order chi connectivity index (χ0) is 21.6. The molecule has 0 saturated carbocycles. The lowest BCUT2D eigenvalue weighted by Gasteiger charge is -2.26. The van der Waals surface area contributed by atoms with E-state index < -0.39 is 14.9 Å². The lowest BCUT2D eigenvalue weighted by molar-refractivity contribution is -0.385. The number of hydrazone groups is 1. The number of nitro benzene ring substituents is 1. The summed E-state index contributed by atoms with van der Waals surface area (Å²) in [6.45, 7) is 2.79. The number of nitrogens with one attached hydrogen (secondary N) is 1. The van der Waals surface area contributed by atoms with E-state index in [-0.39, 0.29) is 42.6 Å². The van der Waals surface area contributed by atoms with Crippen molar-refractivity contribution in [3.8, 4) is 0 Å². The van der Waals surface area contributed by atoms with Gasteiger partial charge in [0, 0.05) is 25.2 Å². The molecule has 0 bridgehead atoms. The number of hydrogen-bond donors (Lipinski definition) is 1. The SMILES string of the molecule is CC(C=NNc1ccc([N+](=O)[O-])cc1S(=O)(=O)N1CCOCC1)=Cc1ccccc1. The fraction of sp³-hybridized carbons (Fsp3) is 0.250. The first kappa shape index (κ1) is 21.6. The molecule has 0 unspecified atom stereocenters. The predicted molar refractivity (Wildman–Crippen MR) is 115 cm³/mol. The van der Waals surface area contributed by atoms with Gasteiger partial charge in [0.15, 0.2) is 0 Å². The molecule has 30 heavy (non-hydrogen) atoms. The van der Waals surface area contributed by atoms with Gasteiger partial charge in [-0.15, -0.1) is 0 Å². The van der Waals surface area contributed by atoms with Gasteiger partial charge in [-0.2, -0.15) is 9.41 Å². The highest BCUT2D eigenvalue weighted by atomic mass is 32.2. The third kappa shape index (κ3) is 5.29. The van der Waals surface area contributed by atoms with Crippen LogP contribution in [0.15, 0.2) is 64.1 Å². The van der Waals surface area contributed by atoms with Crippen LogP contribution in [0.2, 0.25) is 0 Å². The molecule has 2 aromatic carbocycles. The van der Waals surface area contributed by atoms with Gasteiger partial charge in [-0.05, 0) is 24.1 Å². The molecule has 0 amide bonds. The Kier molecular flexibility index (Phi) is 6.93. The molecule has 1 fully saturated rings. The van der Waals surface area contributed by atoms with Crippen molar-refractivity contribution in [1.29, 1.82) is 0 Å². The Morgan fingerprint density at radius 3 is 2.57 bits per heavy atom. The quantitative estimate of drug-likeness (QED) is 0.410. The molecule has 158 valence electrons. The van der Waals surface area contributed by atoms with Crippen LogP contribution >= 0.6 is 0 Å². The maximum absolute atomic E-state index is 13.1. The van der Waals surface area contributed by atoms with Gasteiger partial charge in [0.2, 0.25) is 10.0 Å². The lowest BCUT2D eigenvalue weighted by Crippen LogP contribution is -2.40. The van der Waals surface area contributed by atoms with Gasteiger partial charge in [0.05, 0.1) is 30.0 Å². The number of sulfonamides is 1. The first-order valence-electron chi connectivity index (χ1n) is 9.27. The topological polar surface area (TPSA) is 114 Å². The highest BCUT2D eigenvalue weighted by Crippen LogP contribution is 2.29. The molecule has 9 nitrogen and oxygen atoms in total. The van der Waals surface area contributed by atoms with Crippen molar-refractivity contribution in [2.45, 2.75) is 11.8 Å². The molecule has 0 aromatic heterocycles. The Bertz CT molecular complexity index is 1060. The number of benzene rings is 2. The summed E-state index contributed by atoms with van der Waals surface area (Å²) in [6, 6.07) is 13.3. The largest absolute Gasteiger partial charge is 0.379 e. The zero-order valence-electron chi connectivity index (χ0n) is 16.4. The molecule has 0 spiro atoms. The van der Waals surface area contributed by atoms with E-state index in [1.54, 1.807) is 6.21 Å². The average molecular weight is 430 g/mol. The van der Waals surface area contributed by atoms with Crippen LogP contribution < -0.4 is 5.43 Å². The molecule has 1 aliphatic heterocycles. The fourth-order valence-corrected chi connectivity index (χ4v) is 4.48. The van der Waals surface area contributed by atoms with E-state index in [1.807, 2.05) is 43.3 Å². The summed E-state index contributed by atoms with van der Waals surface area (Å²) >= 11 is 0. The number of hydrogen-bond acceptors (Lipinski definition) is 7. The number of ether oxygens (including phenoxy) is 1. The second kappa shape index (κ2) is 9.61. The molecule has 2 aromatic rings. The summed E-state index contributed by atoms with van der Waals surface area (Å²) < 4.78 is 32.6. The molecule has 1 heterocycles. The number of anilines is 1. The third-order valence-electron chi connectivity index (χ3n) is 4.41. The molecular formula is C20H22N4O5S. The summed E-state index contributed by atoms with van der Waals surface area (Å²) in [7, 11) is -3.95. The van der Waals surface area contributed by atoms with Crippen LogP contribution in [-0.4, -0.2) is 50.2 Å². The summed E-state index contributed by atoms with van der Waals surface area (Å²) in [6.07, 6.45) is 3.48. The highest BCUT2D eigenvalue weighted by Gasteiger charge is 2.30. The first-order chi connectivity index (χ1) is 14.4. The Balaban J connectivity index is 1.87.